The van der Waals surface area contributed by atoms with Gasteiger partial charge < -0.3 is 15.5 Å². The summed E-state index contributed by atoms with van der Waals surface area (Å²) < 4.78 is 0. The highest BCUT2D eigenvalue weighted by atomic mass is 32.1. The molecule has 0 atom stereocenters. The van der Waals surface area contributed by atoms with E-state index in [-0.39, 0.29) is 12.5 Å². The molecule has 1 heterocycles. The maximum atomic E-state index is 11.6. The molecule has 0 radical (unpaired) electrons. The fourth-order valence-corrected chi connectivity index (χ4v) is 2.36. The standard InChI is InChI=1S/C15H25N5OS/c1-6-7-16-15(18-9-14(21)20(4)5)17-8-13-19-12(10-22-13)11(2)3/h6,10-11H,1,7-9H2,2-5H3,(H2,16,17,18). The van der Waals surface area contributed by atoms with Crippen LogP contribution < -0.4 is 10.6 Å². The van der Waals surface area contributed by atoms with Gasteiger partial charge in [-0.1, -0.05) is 19.9 Å². The summed E-state index contributed by atoms with van der Waals surface area (Å²) >= 11 is 1.62. The van der Waals surface area contributed by atoms with Gasteiger partial charge in [-0.15, -0.1) is 17.9 Å². The Balaban J connectivity index is 2.61. The molecule has 0 aliphatic carbocycles. The number of hydrogen-bond acceptors (Lipinski definition) is 4. The molecule has 1 rings (SSSR count). The van der Waals surface area contributed by atoms with Crippen LogP contribution in [0.15, 0.2) is 23.0 Å². The lowest BCUT2D eigenvalue weighted by Crippen LogP contribution is -2.38. The molecule has 22 heavy (non-hydrogen) atoms. The molecule has 6 nitrogen and oxygen atoms in total. The highest BCUT2D eigenvalue weighted by Crippen LogP contribution is 2.17. The van der Waals surface area contributed by atoms with Gasteiger partial charge in [0.2, 0.25) is 5.91 Å². The van der Waals surface area contributed by atoms with Crippen molar-refractivity contribution in [1.29, 1.82) is 0 Å². The lowest BCUT2D eigenvalue weighted by Gasteiger charge is -2.12. The number of rotatable bonds is 7. The number of aliphatic imine (C=N–C) groups is 1. The summed E-state index contributed by atoms with van der Waals surface area (Å²) in [6.45, 7) is 9.18. The van der Waals surface area contributed by atoms with Crippen molar-refractivity contribution in [3.05, 3.63) is 28.7 Å². The molecule has 1 aromatic rings. The number of aromatic nitrogens is 1. The van der Waals surface area contributed by atoms with Gasteiger partial charge in [0.05, 0.1) is 12.2 Å². The zero-order chi connectivity index (χ0) is 16.5. The predicted octanol–water partition coefficient (Wildman–Crippen LogP) is 1.58. The van der Waals surface area contributed by atoms with Gasteiger partial charge in [-0.2, -0.15) is 0 Å². The Morgan fingerprint density at radius 2 is 2.23 bits per heavy atom. The summed E-state index contributed by atoms with van der Waals surface area (Å²) in [7, 11) is 3.43. The summed E-state index contributed by atoms with van der Waals surface area (Å²) in [6, 6.07) is 0. The summed E-state index contributed by atoms with van der Waals surface area (Å²) in [6.07, 6.45) is 1.74. The molecule has 0 aliphatic rings. The van der Waals surface area contributed by atoms with Gasteiger partial charge in [-0.05, 0) is 5.92 Å². The van der Waals surface area contributed by atoms with Crippen molar-refractivity contribution in [2.75, 3.05) is 27.2 Å². The predicted molar refractivity (Wildman–Crippen MR) is 92.2 cm³/mol. The fraction of sp³-hybridized carbons (Fsp3) is 0.533. The average molecular weight is 323 g/mol. The molecule has 1 amide bonds. The second-order valence-electron chi connectivity index (χ2n) is 5.30. The first-order valence-corrected chi connectivity index (χ1v) is 8.09. The Morgan fingerprint density at radius 3 is 2.77 bits per heavy atom. The summed E-state index contributed by atoms with van der Waals surface area (Å²) in [5.74, 6) is 0.960. The van der Waals surface area contributed by atoms with Crippen LogP contribution in [0.3, 0.4) is 0 Å². The third-order valence-corrected chi connectivity index (χ3v) is 3.72. The van der Waals surface area contributed by atoms with Crippen molar-refractivity contribution in [2.45, 2.75) is 26.3 Å². The maximum absolute atomic E-state index is 11.6. The molecule has 0 aliphatic heterocycles. The Morgan fingerprint density at radius 1 is 1.50 bits per heavy atom. The molecule has 7 heteroatoms. The van der Waals surface area contributed by atoms with E-state index in [1.807, 2.05) is 0 Å². The first-order valence-electron chi connectivity index (χ1n) is 7.21. The second-order valence-corrected chi connectivity index (χ2v) is 6.24. The average Bonchev–Trinajstić information content (AvgIpc) is 2.95. The number of hydrogen-bond donors (Lipinski definition) is 2. The summed E-state index contributed by atoms with van der Waals surface area (Å²) in [5, 5.41) is 9.35. The number of guanidine groups is 1. The Hall–Kier alpha value is -1.89. The summed E-state index contributed by atoms with van der Waals surface area (Å²) in [4.78, 5) is 22.0. The molecule has 0 spiro atoms. The van der Waals surface area contributed by atoms with Crippen molar-refractivity contribution >= 4 is 23.2 Å². The first kappa shape index (κ1) is 18.2. The molecule has 2 N–H and O–H groups in total. The number of carbonyl (C=O) groups is 1. The SMILES string of the molecule is C=CCNC(=NCC(=O)N(C)C)NCc1nc(C(C)C)cs1. The van der Waals surface area contributed by atoms with E-state index in [0.717, 1.165) is 10.7 Å². The van der Waals surface area contributed by atoms with Crippen LogP contribution in [0, 0.1) is 0 Å². The van der Waals surface area contributed by atoms with Crippen LogP contribution in [-0.4, -0.2) is 48.9 Å². The normalized spacial score (nSPS) is 11.4. The number of carbonyl (C=O) groups excluding carboxylic acids is 1. The van der Waals surface area contributed by atoms with E-state index >= 15 is 0 Å². The smallest absolute Gasteiger partial charge is 0.243 e. The highest BCUT2D eigenvalue weighted by Gasteiger charge is 2.07. The Kier molecular flexibility index (Phi) is 7.59. The van der Waals surface area contributed by atoms with Crippen molar-refractivity contribution in [3.63, 3.8) is 0 Å². The van der Waals surface area contributed by atoms with E-state index in [9.17, 15) is 4.79 Å². The van der Waals surface area contributed by atoms with Gasteiger partial charge in [-0.25, -0.2) is 9.98 Å². The highest BCUT2D eigenvalue weighted by molar-refractivity contribution is 7.09. The molecule has 0 unspecified atom stereocenters. The van der Waals surface area contributed by atoms with Crippen LogP contribution in [0.1, 0.15) is 30.5 Å². The lowest BCUT2D eigenvalue weighted by molar-refractivity contribution is -0.127. The van der Waals surface area contributed by atoms with Crippen LogP contribution in [-0.2, 0) is 11.3 Å². The minimum absolute atomic E-state index is 0.0453. The molecule has 0 aromatic carbocycles. The minimum Gasteiger partial charge on any atom is -0.353 e. The number of amides is 1. The largest absolute Gasteiger partial charge is 0.353 e. The molecule has 1 aromatic heterocycles. The van der Waals surface area contributed by atoms with Crippen molar-refractivity contribution < 1.29 is 4.79 Å². The molecular weight excluding hydrogens is 298 g/mol. The van der Waals surface area contributed by atoms with Crippen LogP contribution >= 0.6 is 11.3 Å². The van der Waals surface area contributed by atoms with Crippen molar-refractivity contribution in [2.24, 2.45) is 4.99 Å². The molecule has 0 fully saturated rings. The van der Waals surface area contributed by atoms with Crippen LogP contribution in [0.2, 0.25) is 0 Å². The third-order valence-electron chi connectivity index (χ3n) is 2.85. The van der Waals surface area contributed by atoms with Crippen molar-refractivity contribution in [1.82, 2.24) is 20.5 Å². The van der Waals surface area contributed by atoms with E-state index in [1.165, 1.54) is 4.90 Å². The number of likely N-dealkylation sites (N-methyl/N-ethyl adjacent to an activating group) is 1. The van der Waals surface area contributed by atoms with E-state index in [0.29, 0.717) is 25.0 Å². The lowest BCUT2D eigenvalue weighted by atomic mass is 10.2. The van der Waals surface area contributed by atoms with Crippen LogP contribution in [0.25, 0.3) is 0 Å². The van der Waals surface area contributed by atoms with Crippen LogP contribution in [0.4, 0.5) is 0 Å². The van der Waals surface area contributed by atoms with Gasteiger partial charge in [0.25, 0.3) is 0 Å². The molecule has 122 valence electrons. The molecule has 0 saturated carbocycles. The van der Waals surface area contributed by atoms with E-state index < -0.39 is 0 Å². The van der Waals surface area contributed by atoms with Gasteiger partial charge in [0, 0.05) is 26.0 Å². The topological polar surface area (TPSA) is 69.6 Å². The molecular formula is C15H25N5OS. The van der Waals surface area contributed by atoms with E-state index in [1.54, 1.807) is 31.5 Å². The number of thiazole rings is 1. The zero-order valence-electron chi connectivity index (χ0n) is 13.7. The fourth-order valence-electron chi connectivity index (χ4n) is 1.46. The molecule has 0 bridgehead atoms. The zero-order valence-corrected chi connectivity index (χ0v) is 14.5. The summed E-state index contributed by atoms with van der Waals surface area (Å²) in [5.41, 5.74) is 1.10. The quantitative estimate of drug-likeness (QED) is 0.454. The third kappa shape index (κ3) is 6.26. The van der Waals surface area contributed by atoms with Crippen LogP contribution in [0.5, 0.6) is 0 Å². The minimum atomic E-state index is -0.0453. The second kappa shape index (κ2) is 9.19. The van der Waals surface area contributed by atoms with E-state index in [4.69, 9.17) is 0 Å². The van der Waals surface area contributed by atoms with Crippen molar-refractivity contribution in [3.8, 4) is 0 Å². The first-order chi connectivity index (χ1) is 10.4. The Bertz CT molecular complexity index is 522. The Labute approximate surface area is 136 Å². The maximum Gasteiger partial charge on any atom is 0.243 e. The van der Waals surface area contributed by atoms with Gasteiger partial charge in [0.15, 0.2) is 5.96 Å². The van der Waals surface area contributed by atoms with Gasteiger partial charge in [0.1, 0.15) is 11.6 Å². The van der Waals surface area contributed by atoms with Gasteiger partial charge in [-0.3, -0.25) is 4.79 Å². The molecule has 0 saturated heterocycles. The van der Waals surface area contributed by atoms with Gasteiger partial charge >= 0.3 is 0 Å². The number of nitrogens with one attached hydrogen (secondary N) is 2. The van der Waals surface area contributed by atoms with E-state index in [2.05, 4.69) is 46.4 Å². The number of nitrogens with zero attached hydrogens (tertiary/aromatic N) is 3. The monoisotopic (exact) mass is 323 g/mol.